The first-order valence-electron chi connectivity index (χ1n) is 7.82. The van der Waals surface area contributed by atoms with E-state index in [1.165, 1.54) is 0 Å². The summed E-state index contributed by atoms with van der Waals surface area (Å²) in [6.45, 7) is 5.74. The van der Waals surface area contributed by atoms with Crippen LogP contribution in [-0.2, 0) is 9.53 Å². The lowest BCUT2D eigenvalue weighted by molar-refractivity contribution is -0.143. The number of carbonyl (C=O) groups is 1. The van der Waals surface area contributed by atoms with E-state index < -0.39 is 17.8 Å². The topological polar surface area (TPSA) is 52.3 Å². The van der Waals surface area contributed by atoms with E-state index in [-0.39, 0.29) is 23.6 Å². The summed E-state index contributed by atoms with van der Waals surface area (Å²) in [6.07, 6.45) is -0.0981. The van der Waals surface area contributed by atoms with E-state index in [4.69, 9.17) is 22.1 Å². The second-order valence-electron chi connectivity index (χ2n) is 5.69. The molecule has 1 atom stereocenters. The monoisotopic (exact) mass is 349 g/mol. The fourth-order valence-electron chi connectivity index (χ4n) is 2.83. The molecule has 0 aliphatic heterocycles. The first-order valence-corrected chi connectivity index (χ1v) is 8.20. The highest BCUT2D eigenvalue weighted by atomic mass is 35.5. The second kappa shape index (κ2) is 7.77. The predicted molar refractivity (Wildman–Crippen MR) is 94.5 cm³/mol. The number of carbonyl (C=O) groups excluding carboxylic acids is 1. The molecule has 5 heteroatoms. The van der Waals surface area contributed by atoms with E-state index in [1.54, 1.807) is 19.9 Å². The van der Waals surface area contributed by atoms with Crippen molar-refractivity contribution < 1.29 is 13.9 Å². The maximum Gasteiger partial charge on any atom is 0.307 e. The molecule has 0 fully saturated rings. The number of aryl methyl sites for hydroxylation is 1. The largest absolute Gasteiger partial charge is 0.466 e. The third-order valence-corrected chi connectivity index (χ3v) is 4.30. The van der Waals surface area contributed by atoms with Gasteiger partial charge >= 0.3 is 5.97 Å². The molecular weight excluding hydrogens is 329 g/mol. The average molecular weight is 350 g/mol. The van der Waals surface area contributed by atoms with Crippen molar-refractivity contribution >= 4 is 17.6 Å². The van der Waals surface area contributed by atoms with Crippen LogP contribution in [0.15, 0.2) is 30.3 Å². The second-order valence-corrected chi connectivity index (χ2v) is 6.10. The zero-order valence-corrected chi connectivity index (χ0v) is 14.8. The summed E-state index contributed by atoms with van der Waals surface area (Å²) in [7, 11) is 0. The van der Waals surface area contributed by atoms with E-state index in [0.717, 1.165) is 16.7 Å². The van der Waals surface area contributed by atoms with Crippen LogP contribution in [0.2, 0.25) is 5.02 Å². The summed E-state index contributed by atoms with van der Waals surface area (Å²) < 4.78 is 19.5. The van der Waals surface area contributed by atoms with Crippen LogP contribution in [0.4, 0.5) is 4.39 Å². The maximum atomic E-state index is 14.6. The van der Waals surface area contributed by atoms with E-state index in [9.17, 15) is 9.18 Å². The number of nitrogens with two attached hydrogens (primary N) is 1. The van der Waals surface area contributed by atoms with E-state index >= 15 is 0 Å². The minimum atomic E-state index is -0.814. The molecule has 0 bridgehead atoms. The van der Waals surface area contributed by atoms with Gasteiger partial charge in [-0.15, -0.1) is 0 Å². The number of rotatable bonds is 5. The van der Waals surface area contributed by atoms with Gasteiger partial charge in [-0.1, -0.05) is 35.9 Å². The van der Waals surface area contributed by atoms with E-state index in [1.807, 2.05) is 31.2 Å². The normalized spacial score (nSPS) is 12.1. The van der Waals surface area contributed by atoms with Gasteiger partial charge in [-0.2, -0.15) is 0 Å². The van der Waals surface area contributed by atoms with Crippen molar-refractivity contribution in [1.29, 1.82) is 0 Å². The maximum absolute atomic E-state index is 14.6. The highest BCUT2D eigenvalue weighted by Gasteiger charge is 2.23. The first kappa shape index (κ1) is 18.4. The quantitative estimate of drug-likeness (QED) is 0.795. The minimum absolute atomic E-state index is 0.00633. The van der Waals surface area contributed by atoms with Gasteiger partial charge in [0.1, 0.15) is 5.82 Å². The highest BCUT2D eigenvalue weighted by Crippen LogP contribution is 2.36. The van der Waals surface area contributed by atoms with Gasteiger partial charge in [-0.05, 0) is 49.1 Å². The molecule has 2 rings (SSSR count). The first-order chi connectivity index (χ1) is 11.4. The van der Waals surface area contributed by atoms with Crippen molar-refractivity contribution in [2.24, 2.45) is 5.73 Å². The van der Waals surface area contributed by atoms with Gasteiger partial charge < -0.3 is 10.5 Å². The Morgan fingerprint density at radius 3 is 2.58 bits per heavy atom. The zero-order chi connectivity index (χ0) is 17.9. The molecule has 0 aliphatic rings. The van der Waals surface area contributed by atoms with Gasteiger partial charge in [0.2, 0.25) is 0 Å². The van der Waals surface area contributed by atoms with Crippen LogP contribution in [0.5, 0.6) is 0 Å². The van der Waals surface area contributed by atoms with Gasteiger partial charge in [0.15, 0.2) is 0 Å². The summed E-state index contributed by atoms with van der Waals surface area (Å²) in [5, 5.41) is -0.00633. The Bertz CT molecular complexity index is 761. The number of esters is 1. The standard InChI is InChI=1S/C19H21ClFNO2/c1-4-24-17(23)10-16(22)18-12(3)14(9-15(20)19(18)21)13-8-6-5-7-11(13)2/h5-9,16H,4,10,22H2,1-3H3/t16-/m0/s1. The molecule has 0 amide bonds. The Morgan fingerprint density at radius 1 is 1.29 bits per heavy atom. The summed E-state index contributed by atoms with van der Waals surface area (Å²) in [4.78, 5) is 11.7. The number of ether oxygens (including phenoxy) is 1. The number of halogens is 2. The molecule has 24 heavy (non-hydrogen) atoms. The highest BCUT2D eigenvalue weighted by molar-refractivity contribution is 6.31. The third-order valence-electron chi connectivity index (χ3n) is 4.02. The number of hydrogen-bond donors (Lipinski definition) is 1. The molecule has 0 unspecified atom stereocenters. The molecule has 2 aromatic rings. The van der Waals surface area contributed by atoms with Crippen LogP contribution in [0, 0.1) is 19.7 Å². The van der Waals surface area contributed by atoms with Crippen molar-refractivity contribution in [2.75, 3.05) is 6.61 Å². The number of hydrogen-bond acceptors (Lipinski definition) is 3. The van der Waals surface area contributed by atoms with Crippen LogP contribution in [0.25, 0.3) is 11.1 Å². The van der Waals surface area contributed by atoms with Crippen LogP contribution < -0.4 is 5.73 Å². The smallest absolute Gasteiger partial charge is 0.307 e. The van der Waals surface area contributed by atoms with E-state index in [2.05, 4.69) is 0 Å². The average Bonchev–Trinajstić information content (AvgIpc) is 2.52. The lowest BCUT2D eigenvalue weighted by Crippen LogP contribution is -2.20. The predicted octanol–water partition coefficient (Wildman–Crippen LogP) is 4.72. The third kappa shape index (κ3) is 3.77. The zero-order valence-electron chi connectivity index (χ0n) is 14.0. The van der Waals surface area contributed by atoms with Gasteiger partial charge in [-0.25, -0.2) is 4.39 Å². The Labute approximate surface area is 146 Å². The number of benzene rings is 2. The summed E-state index contributed by atoms with van der Waals surface area (Å²) in [5.41, 5.74) is 9.85. The molecule has 3 nitrogen and oxygen atoms in total. The molecule has 128 valence electrons. The molecule has 0 aliphatic carbocycles. The van der Waals surface area contributed by atoms with Gasteiger partial charge in [-0.3, -0.25) is 4.79 Å². The summed E-state index contributed by atoms with van der Waals surface area (Å²) >= 11 is 6.09. The molecule has 0 heterocycles. The van der Waals surface area contributed by atoms with Crippen LogP contribution in [0.1, 0.15) is 36.1 Å². The summed E-state index contributed by atoms with van der Waals surface area (Å²) in [5.74, 6) is -1.04. The minimum Gasteiger partial charge on any atom is -0.466 e. The van der Waals surface area contributed by atoms with Gasteiger partial charge in [0.05, 0.1) is 18.1 Å². The lowest BCUT2D eigenvalue weighted by atomic mass is 9.90. The molecular formula is C19H21ClFNO2. The molecule has 0 radical (unpaired) electrons. The van der Waals surface area contributed by atoms with Gasteiger partial charge in [0, 0.05) is 11.6 Å². The Hall–Kier alpha value is -1.91. The Morgan fingerprint density at radius 2 is 1.96 bits per heavy atom. The molecule has 0 saturated carbocycles. The molecule has 2 aromatic carbocycles. The Balaban J connectivity index is 2.53. The SMILES string of the molecule is CCOC(=O)C[C@H](N)c1c(C)c(-c2ccccc2C)cc(Cl)c1F. The molecule has 2 N–H and O–H groups in total. The molecule has 0 saturated heterocycles. The van der Waals surface area contributed by atoms with Crippen LogP contribution in [0.3, 0.4) is 0 Å². The fourth-order valence-corrected chi connectivity index (χ4v) is 3.04. The summed E-state index contributed by atoms with van der Waals surface area (Å²) in [6, 6.07) is 8.57. The van der Waals surface area contributed by atoms with Crippen molar-refractivity contribution in [3.63, 3.8) is 0 Å². The van der Waals surface area contributed by atoms with Gasteiger partial charge in [0.25, 0.3) is 0 Å². The van der Waals surface area contributed by atoms with Crippen molar-refractivity contribution in [1.82, 2.24) is 0 Å². The van der Waals surface area contributed by atoms with E-state index in [0.29, 0.717) is 5.56 Å². The van der Waals surface area contributed by atoms with Crippen LogP contribution >= 0.6 is 11.6 Å². The fraction of sp³-hybridized carbons (Fsp3) is 0.316. The van der Waals surface area contributed by atoms with Crippen molar-refractivity contribution in [3.8, 4) is 11.1 Å². The van der Waals surface area contributed by atoms with Crippen molar-refractivity contribution in [3.05, 3.63) is 57.9 Å². The Kier molecular flexibility index (Phi) is 5.97. The molecule has 0 spiro atoms. The molecule has 0 aromatic heterocycles. The lowest BCUT2D eigenvalue weighted by Gasteiger charge is -2.20. The van der Waals surface area contributed by atoms with Crippen LogP contribution in [-0.4, -0.2) is 12.6 Å². The van der Waals surface area contributed by atoms with Crippen molar-refractivity contribution in [2.45, 2.75) is 33.2 Å².